The molecule has 0 fully saturated rings. The fourth-order valence-corrected chi connectivity index (χ4v) is 2.59. The van der Waals surface area contributed by atoms with Crippen molar-refractivity contribution < 1.29 is 0 Å². The van der Waals surface area contributed by atoms with Gasteiger partial charge in [0.05, 0.1) is 0 Å². The molecule has 5 heteroatoms. The number of hydrogen-bond donors (Lipinski definition) is 2. The zero-order valence-corrected chi connectivity index (χ0v) is 13.6. The molecule has 112 valence electrons. The van der Waals surface area contributed by atoms with E-state index in [9.17, 15) is 0 Å². The maximum Gasteiger partial charge on any atom is 0.0427 e. The maximum absolute atomic E-state index is 5.98. The lowest BCUT2D eigenvalue weighted by Crippen LogP contribution is -2.30. The van der Waals surface area contributed by atoms with Crippen LogP contribution in [0.25, 0.3) is 21.9 Å². The molecule has 0 aliphatic rings. The number of rotatable bonds is 5. The largest absolute Gasteiger partial charge is 0.383 e. The topological polar surface area (TPSA) is 63.8 Å². The van der Waals surface area contributed by atoms with Crippen LogP contribution in [0.4, 0.5) is 5.69 Å². The number of aromatic nitrogens is 2. The SMILES string of the molecule is NC(CBr)CNc1cc(-c2ccncc2)cc2cnccc12. The molecule has 0 spiro atoms. The number of pyridine rings is 2. The average molecular weight is 357 g/mol. The Hall–Kier alpha value is -1.98. The second kappa shape index (κ2) is 6.85. The van der Waals surface area contributed by atoms with Gasteiger partial charge in [0.2, 0.25) is 0 Å². The van der Waals surface area contributed by atoms with Gasteiger partial charge in [0, 0.05) is 59.2 Å². The summed E-state index contributed by atoms with van der Waals surface area (Å²) in [6, 6.07) is 10.4. The number of fused-ring (bicyclic) bond motifs is 1. The Balaban J connectivity index is 2.04. The molecule has 0 aliphatic heterocycles. The van der Waals surface area contributed by atoms with E-state index in [0.29, 0.717) is 6.54 Å². The Bertz CT molecular complexity index is 761. The first kappa shape index (κ1) is 14.9. The number of alkyl halides is 1. The monoisotopic (exact) mass is 356 g/mol. The summed E-state index contributed by atoms with van der Waals surface area (Å²) in [6.45, 7) is 0.711. The van der Waals surface area contributed by atoms with Crippen molar-refractivity contribution in [3.05, 3.63) is 55.1 Å². The number of nitrogens with two attached hydrogens (primary N) is 1. The number of hydrogen-bond acceptors (Lipinski definition) is 4. The Morgan fingerprint density at radius 3 is 2.59 bits per heavy atom. The third-order valence-corrected chi connectivity index (χ3v) is 4.35. The van der Waals surface area contributed by atoms with E-state index in [0.717, 1.165) is 32.9 Å². The fourth-order valence-electron chi connectivity index (χ4n) is 2.36. The van der Waals surface area contributed by atoms with Crippen LogP contribution in [0.2, 0.25) is 0 Å². The van der Waals surface area contributed by atoms with E-state index in [1.165, 1.54) is 0 Å². The van der Waals surface area contributed by atoms with Crippen LogP contribution >= 0.6 is 15.9 Å². The summed E-state index contributed by atoms with van der Waals surface area (Å²) in [6.07, 6.45) is 7.30. The van der Waals surface area contributed by atoms with Crippen molar-refractivity contribution in [2.75, 3.05) is 17.2 Å². The number of halogens is 1. The van der Waals surface area contributed by atoms with Crippen LogP contribution in [0.15, 0.2) is 55.1 Å². The molecule has 1 unspecified atom stereocenters. The molecule has 0 saturated carbocycles. The molecule has 22 heavy (non-hydrogen) atoms. The van der Waals surface area contributed by atoms with Crippen molar-refractivity contribution in [2.45, 2.75) is 6.04 Å². The minimum absolute atomic E-state index is 0.0708. The van der Waals surface area contributed by atoms with Gasteiger partial charge in [0.1, 0.15) is 0 Å². The molecule has 4 nitrogen and oxygen atoms in total. The molecule has 0 saturated heterocycles. The predicted molar refractivity (Wildman–Crippen MR) is 95.2 cm³/mol. The summed E-state index contributed by atoms with van der Waals surface area (Å²) in [7, 11) is 0. The van der Waals surface area contributed by atoms with Crippen LogP contribution in [-0.2, 0) is 0 Å². The summed E-state index contributed by atoms with van der Waals surface area (Å²) in [4.78, 5) is 8.30. The fraction of sp³-hybridized carbons (Fsp3) is 0.176. The zero-order chi connectivity index (χ0) is 15.4. The smallest absolute Gasteiger partial charge is 0.0427 e. The summed E-state index contributed by atoms with van der Waals surface area (Å²) in [5.41, 5.74) is 9.33. The number of nitrogens with one attached hydrogen (secondary N) is 1. The van der Waals surface area contributed by atoms with Gasteiger partial charge in [-0.2, -0.15) is 0 Å². The third-order valence-electron chi connectivity index (χ3n) is 3.52. The Kier molecular flexibility index (Phi) is 4.65. The molecular weight excluding hydrogens is 340 g/mol. The van der Waals surface area contributed by atoms with E-state index in [4.69, 9.17) is 5.73 Å². The van der Waals surface area contributed by atoms with Crippen molar-refractivity contribution in [3.63, 3.8) is 0 Å². The van der Waals surface area contributed by atoms with Crippen LogP contribution in [0, 0.1) is 0 Å². The van der Waals surface area contributed by atoms with Gasteiger partial charge < -0.3 is 11.1 Å². The summed E-state index contributed by atoms with van der Waals surface area (Å²) >= 11 is 3.41. The number of anilines is 1. The lowest BCUT2D eigenvalue weighted by molar-refractivity contribution is 0.797. The van der Waals surface area contributed by atoms with E-state index in [1.807, 2.05) is 30.6 Å². The van der Waals surface area contributed by atoms with E-state index >= 15 is 0 Å². The summed E-state index contributed by atoms with van der Waals surface area (Å²) in [5.74, 6) is 0. The molecule has 0 radical (unpaired) electrons. The lowest BCUT2D eigenvalue weighted by Gasteiger charge is -2.15. The first-order chi connectivity index (χ1) is 10.8. The highest BCUT2D eigenvalue weighted by atomic mass is 79.9. The first-order valence-corrected chi connectivity index (χ1v) is 8.23. The molecule has 3 aromatic rings. The Morgan fingerprint density at radius 1 is 1.05 bits per heavy atom. The first-order valence-electron chi connectivity index (χ1n) is 7.11. The quantitative estimate of drug-likeness (QED) is 0.687. The van der Waals surface area contributed by atoms with Crippen LogP contribution in [0.1, 0.15) is 0 Å². The van der Waals surface area contributed by atoms with E-state index < -0.39 is 0 Å². The molecule has 0 bridgehead atoms. The van der Waals surface area contributed by atoms with Gasteiger partial charge in [-0.05, 0) is 41.5 Å². The minimum atomic E-state index is 0.0708. The molecular formula is C17H17BrN4. The highest BCUT2D eigenvalue weighted by Crippen LogP contribution is 2.30. The Morgan fingerprint density at radius 2 is 1.82 bits per heavy atom. The molecule has 3 rings (SSSR count). The van der Waals surface area contributed by atoms with Gasteiger partial charge in [-0.1, -0.05) is 15.9 Å². The second-order valence-electron chi connectivity index (χ2n) is 5.15. The van der Waals surface area contributed by atoms with E-state index in [2.05, 4.69) is 43.3 Å². The molecule has 1 atom stereocenters. The third kappa shape index (κ3) is 3.26. The Labute approximate surface area is 137 Å². The second-order valence-corrected chi connectivity index (χ2v) is 5.80. The molecule has 1 aromatic carbocycles. The van der Waals surface area contributed by atoms with Crippen LogP contribution < -0.4 is 11.1 Å². The average Bonchev–Trinajstić information content (AvgIpc) is 2.59. The highest BCUT2D eigenvalue weighted by molar-refractivity contribution is 9.09. The van der Waals surface area contributed by atoms with Gasteiger partial charge in [-0.15, -0.1) is 0 Å². The number of nitrogens with zero attached hydrogens (tertiary/aromatic N) is 2. The zero-order valence-electron chi connectivity index (χ0n) is 12.0. The number of benzene rings is 1. The van der Waals surface area contributed by atoms with Crippen LogP contribution in [-0.4, -0.2) is 27.9 Å². The minimum Gasteiger partial charge on any atom is -0.383 e. The maximum atomic E-state index is 5.98. The molecule has 3 N–H and O–H groups in total. The summed E-state index contributed by atoms with van der Waals surface area (Å²) in [5, 5.41) is 6.47. The van der Waals surface area contributed by atoms with Gasteiger partial charge in [0.25, 0.3) is 0 Å². The highest BCUT2D eigenvalue weighted by Gasteiger charge is 2.07. The summed E-state index contributed by atoms with van der Waals surface area (Å²) < 4.78 is 0. The van der Waals surface area contributed by atoms with Crippen molar-refractivity contribution in [3.8, 4) is 11.1 Å². The standard InChI is InChI=1S/C17H17BrN4/c18-9-15(19)11-22-17-8-13(12-1-4-20-5-2-12)7-14-10-21-6-3-16(14)17/h1-8,10,15,22H,9,11,19H2. The lowest BCUT2D eigenvalue weighted by atomic mass is 10.0. The van der Waals surface area contributed by atoms with Crippen molar-refractivity contribution in [1.82, 2.24) is 9.97 Å². The van der Waals surface area contributed by atoms with Crippen LogP contribution in [0.3, 0.4) is 0 Å². The molecule has 2 heterocycles. The van der Waals surface area contributed by atoms with E-state index in [-0.39, 0.29) is 6.04 Å². The normalized spacial score (nSPS) is 12.3. The predicted octanol–water partition coefficient (Wildman–Crippen LogP) is 3.43. The van der Waals surface area contributed by atoms with Gasteiger partial charge in [0.15, 0.2) is 0 Å². The van der Waals surface area contributed by atoms with Crippen molar-refractivity contribution in [1.29, 1.82) is 0 Å². The van der Waals surface area contributed by atoms with Gasteiger partial charge >= 0.3 is 0 Å². The van der Waals surface area contributed by atoms with Crippen molar-refractivity contribution >= 4 is 32.4 Å². The molecule has 0 aliphatic carbocycles. The van der Waals surface area contributed by atoms with Gasteiger partial charge in [-0.3, -0.25) is 9.97 Å². The van der Waals surface area contributed by atoms with Crippen molar-refractivity contribution in [2.24, 2.45) is 5.73 Å². The van der Waals surface area contributed by atoms with Crippen LogP contribution in [0.5, 0.6) is 0 Å². The molecule has 2 aromatic heterocycles. The molecule has 0 amide bonds. The van der Waals surface area contributed by atoms with Gasteiger partial charge in [-0.25, -0.2) is 0 Å². The van der Waals surface area contributed by atoms with E-state index in [1.54, 1.807) is 12.4 Å².